The average molecular weight is 1110 g/mol. The Hall–Kier alpha value is -2.11. The van der Waals surface area contributed by atoms with Gasteiger partial charge in [-0.15, -0.1) is 0 Å². The average Bonchev–Trinajstić information content (AvgIpc) is 3.45. The molecule has 0 N–H and O–H groups in total. The molecule has 0 spiro atoms. The van der Waals surface area contributed by atoms with E-state index in [9.17, 15) is 14.4 Å². The van der Waals surface area contributed by atoms with Crippen LogP contribution in [-0.2, 0) is 28.6 Å². The molecule has 0 saturated carbocycles. The van der Waals surface area contributed by atoms with Gasteiger partial charge in [-0.05, 0) is 51.4 Å². The molecule has 1 unspecified atom stereocenters. The third-order valence-electron chi connectivity index (χ3n) is 16.5. The maximum atomic E-state index is 12.9. The van der Waals surface area contributed by atoms with Gasteiger partial charge in [-0.3, -0.25) is 14.4 Å². The lowest BCUT2D eigenvalue weighted by molar-refractivity contribution is -0.167. The summed E-state index contributed by atoms with van der Waals surface area (Å²) in [5, 5.41) is 0. The molecule has 6 nitrogen and oxygen atoms in total. The second kappa shape index (κ2) is 68.4. The maximum absolute atomic E-state index is 12.9. The van der Waals surface area contributed by atoms with E-state index in [1.165, 1.54) is 295 Å². The smallest absolute Gasteiger partial charge is 0.306 e. The molecule has 0 rings (SSSR count). The zero-order valence-electron chi connectivity index (χ0n) is 53.7. The molecule has 6 heteroatoms. The summed E-state index contributed by atoms with van der Waals surface area (Å²) in [5.41, 5.74) is 0. The number of carbonyl (C=O) groups is 3. The third-order valence-corrected chi connectivity index (χ3v) is 16.5. The van der Waals surface area contributed by atoms with Crippen molar-refractivity contribution in [3.63, 3.8) is 0 Å². The van der Waals surface area contributed by atoms with Gasteiger partial charge in [-0.25, -0.2) is 0 Å². The molecule has 0 heterocycles. The highest BCUT2D eigenvalue weighted by Crippen LogP contribution is 2.19. The Kier molecular flexibility index (Phi) is 66.6. The lowest BCUT2D eigenvalue weighted by Crippen LogP contribution is -2.30. The molecule has 0 aliphatic carbocycles. The third kappa shape index (κ3) is 66.6. The zero-order valence-corrected chi connectivity index (χ0v) is 53.7. The quantitative estimate of drug-likeness (QED) is 0.0261. The van der Waals surface area contributed by atoms with Crippen LogP contribution in [0.25, 0.3) is 0 Å². The fourth-order valence-corrected chi connectivity index (χ4v) is 11.1. The van der Waals surface area contributed by atoms with Gasteiger partial charge in [0.1, 0.15) is 13.2 Å². The summed E-state index contributed by atoms with van der Waals surface area (Å²) in [4.78, 5) is 38.0. The van der Waals surface area contributed by atoms with Crippen LogP contribution >= 0.6 is 0 Å². The summed E-state index contributed by atoms with van der Waals surface area (Å²) >= 11 is 0. The highest BCUT2D eigenvalue weighted by Gasteiger charge is 2.19. The first-order valence-electron chi connectivity index (χ1n) is 35.8. The SMILES string of the molecule is CCCCCCC/C=C\C/C=C\CCCCCCCCCCCCCCCCCC(=O)OC(COC(=O)CCCCCCC)COC(=O)CCCCCCCCCCCCCCCCCCCCCCCCCCCCCCC. The number of allylic oxidation sites excluding steroid dienone is 4. The van der Waals surface area contributed by atoms with E-state index in [0.29, 0.717) is 19.3 Å². The molecular weight excluding hydrogens is 973 g/mol. The summed E-state index contributed by atoms with van der Waals surface area (Å²) in [5.74, 6) is -0.852. The van der Waals surface area contributed by atoms with Crippen molar-refractivity contribution in [2.75, 3.05) is 13.2 Å². The van der Waals surface area contributed by atoms with Gasteiger partial charge in [0.2, 0.25) is 0 Å². The molecule has 0 aliphatic rings. The van der Waals surface area contributed by atoms with Crippen LogP contribution in [0.3, 0.4) is 0 Å². The Morgan fingerprint density at radius 3 is 0.696 bits per heavy atom. The Morgan fingerprint density at radius 1 is 0.253 bits per heavy atom. The number of hydrogen-bond donors (Lipinski definition) is 0. The van der Waals surface area contributed by atoms with E-state index in [0.717, 1.165) is 70.6 Å². The minimum atomic E-state index is -0.765. The minimum Gasteiger partial charge on any atom is -0.462 e. The number of esters is 3. The van der Waals surface area contributed by atoms with Gasteiger partial charge in [0.25, 0.3) is 0 Å². The van der Waals surface area contributed by atoms with E-state index in [-0.39, 0.29) is 31.1 Å². The summed E-state index contributed by atoms with van der Waals surface area (Å²) in [6, 6.07) is 0. The topological polar surface area (TPSA) is 78.9 Å². The molecule has 0 saturated heterocycles. The first-order chi connectivity index (χ1) is 39.0. The normalized spacial score (nSPS) is 12.1. The van der Waals surface area contributed by atoms with Gasteiger partial charge >= 0.3 is 17.9 Å². The van der Waals surface area contributed by atoms with Crippen LogP contribution in [0.4, 0.5) is 0 Å². The van der Waals surface area contributed by atoms with Crippen molar-refractivity contribution in [1.29, 1.82) is 0 Å². The Bertz CT molecular complexity index is 1270. The van der Waals surface area contributed by atoms with Crippen molar-refractivity contribution >= 4 is 17.9 Å². The standard InChI is InChI=1S/C73H138O6/c1-4-7-10-13-15-17-19-21-23-25-27-29-31-33-35-36-38-39-41-43-45-47-49-51-53-55-57-60-63-66-72(75)78-69-70(68-77-71(74)65-62-59-12-9-6-3)79-73(76)67-64-61-58-56-54-52-50-48-46-44-42-40-37-34-32-30-28-26-24-22-20-18-16-14-11-8-5-2/h20,22,26,28,70H,4-19,21,23-25,27,29-69H2,1-3H3/b22-20-,28-26-. The number of rotatable bonds is 67. The molecule has 0 bridgehead atoms. The summed E-state index contributed by atoms with van der Waals surface area (Å²) in [6.45, 7) is 6.62. The van der Waals surface area contributed by atoms with Crippen molar-refractivity contribution in [2.45, 2.75) is 412 Å². The van der Waals surface area contributed by atoms with E-state index < -0.39 is 6.10 Å². The van der Waals surface area contributed by atoms with E-state index >= 15 is 0 Å². The molecule has 0 radical (unpaired) electrons. The van der Waals surface area contributed by atoms with Crippen LogP contribution in [0.5, 0.6) is 0 Å². The summed E-state index contributed by atoms with van der Waals surface area (Å²) < 4.78 is 16.8. The van der Waals surface area contributed by atoms with Crippen molar-refractivity contribution in [3.05, 3.63) is 24.3 Å². The van der Waals surface area contributed by atoms with Gasteiger partial charge in [-0.2, -0.15) is 0 Å². The molecule has 1 atom stereocenters. The zero-order chi connectivity index (χ0) is 57.1. The van der Waals surface area contributed by atoms with Crippen LogP contribution < -0.4 is 0 Å². The van der Waals surface area contributed by atoms with E-state index in [4.69, 9.17) is 14.2 Å². The van der Waals surface area contributed by atoms with E-state index in [1.54, 1.807) is 0 Å². The molecule has 0 aliphatic heterocycles. The number of ether oxygens (including phenoxy) is 3. The molecular formula is C73H138O6. The maximum Gasteiger partial charge on any atom is 0.306 e. The minimum absolute atomic E-state index is 0.0656. The molecule has 79 heavy (non-hydrogen) atoms. The number of carbonyl (C=O) groups excluding carboxylic acids is 3. The van der Waals surface area contributed by atoms with Crippen LogP contribution in [0.1, 0.15) is 406 Å². The monoisotopic (exact) mass is 1110 g/mol. The largest absolute Gasteiger partial charge is 0.462 e. The lowest BCUT2D eigenvalue weighted by Gasteiger charge is -2.18. The predicted octanol–water partition coefficient (Wildman–Crippen LogP) is 24.6. The van der Waals surface area contributed by atoms with Gasteiger partial charge in [-0.1, -0.05) is 360 Å². The van der Waals surface area contributed by atoms with Gasteiger partial charge in [0.05, 0.1) is 0 Å². The number of unbranched alkanes of at least 4 members (excludes halogenated alkanes) is 52. The molecule has 0 amide bonds. The van der Waals surface area contributed by atoms with E-state index in [2.05, 4.69) is 45.1 Å². The molecule has 0 aromatic carbocycles. The van der Waals surface area contributed by atoms with Crippen molar-refractivity contribution in [2.24, 2.45) is 0 Å². The highest BCUT2D eigenvalue weighted by atomic mass is 16.6. The van der Waals surface area contributed by atoms with E-state index in [1.807, 2.05) is 0 Å². The van der Waals surface area contributed by atoms with Crippen LogP contribution in [0.15, 0.2) is 24.3 Å². The molecule has 466 valence electrons. The van der Waals surface area contributed by atoms with Gasteiger partial charge < -0.3 is 14.2 Å². The number of hydrogen-bond acceptors (Lipinski definition) is 6. The lowest BCUT2D eigenvalue weighted by atomic mass is 10.0. The van der Waals surface area contributed by atoms with Crippen LogP contribution in [-0.4, -0.2) is 37.2 Å². The first kappa shape index (κ1) is 76.9. The van der Waals surface area contributed by atoms with Crippen molar-refractivity contribution < 1.29 is 28.6 Å². The molecule has 0 aromatic rings. The summed E-state index contributed by atoms with van der Waals surface area (Å²) in [6.07, 6.45) is 84.2. The molecule has 0 aromatic heterocycles. The second-order valence-corrected chi connectivity index (χ2v) is 24.5. The Morgan fingerprint density at radius 2 is 0.456 bits per heavy atom. The Balaban J connectivity index is 3.91. The summed E-state index contributed by atoms with van der Waals surface area (Å²) in [7, 11) is 0. The van der Waals surface area contributed by atoms with Crippen molar-refractivity contribution in [3.8, 4) is 0 Å². The highest BCUT2D eigenvalue weighted by molar-refractivity contribution is 5.71. The first-order valence-corrected chi connectivity index (χ1v) is 35.8. The second-order valence-electron chi connectivity index (χ2n) is 24.5. The van der Waals surface area contributed by atoms with Gasteiger partial charge in [0, 0.05) is 19.3 Å². The van der Waals surface area contributed by atoms with Crippen molar-refractivity contribution in [1.82, 2.24) is 0 Å². The van der Waals surface area contributed by atoms with Gasteiger partial charge in [0.15, 0.2) is 6.10 Å². The predicted molar refractivity (Wildman–Crippen MR) is 344 cm³/mol. The fraction of sp³-hybridized carbons (Fsp3) is 0.904. The Labute approximate surface area is 493 Å². The fourth-order valence-electron chi connectivity index (χ4n) is 11.1. The van der Waals surface area contributed by atoms with Crippen LogP contribution in [0, 0.1) is 0 Å². The van der Waals surface area contributed by atoms with Crippen LogP contribution in [0.2, 0.25) is 0 Å². The molecule has 0 fully saturated rings.